The third-order valence-corrected chi connectivity index (χ3v) is 6.02. The van der Waals surface area contributed by atoms with Crippen LogP contribution in [0.2, 0.25) is 0 Å². The van der Waals surface area contributed by atoms with Crippen molar-refractivity contribution in [2.75, 3.05) is 30.4 Å². The number of likely N-dealkylation sites (tertiary alicyclic amines) is 1. The van der Waals surface area contributed by atoms with Gasteiger partial charge in [0, 0.05) is 31.4 Å². The van der Waals surface area contributed by atoms with E-state index in [0.29, 0.717) is 5.69 Å². The summed E-state index contributed by atoms with van der Waals surface area (Å²) in [5.41, 5.74) is 3.45. The molecule has 2 N–H and O–H groups in total. The van der Waals surface area contributed by atoms with Crippen molar-refractivity contribution < 1.29 is 9.59 Å². The second-order valence-corrected chi connectivity index (χ2v) is 8.49. The molecule has 4 rings (SSSR count). The number of halogens is 1. The van der Waals surface area contributed by atoms with Gasteiger partial charge in [0.1, 0.15) is 5.84 Å². The van der Waals surface area contributed by atoms with Crippen molar-refractivity contribution in [3.63, 3.8) is 0 Å². The Balaban J connectivity index is 0.00000306. The van der Waals surface area contributed by atoms with Crippen molar-refractivity contribution in [3.05, 3.63) is 59.7 Å². The van der Waals surface area contributed by atoms with Gasteiger partial charge >= 0.3 is 6.03 Å². The van der Waals surface area contributed by atoms with Gasteiger partial charge in [-0.15, -0.1) is 12.4 Å². The molecule has 3 amide bonds. The highest BCUT2D eigenvalue weighted by atomic mass is 35.5. The highest BCUT2D eigenvalue weighted by Crippen LogP contribution is 2.27. The quantitative estimate of drug-likeness (QED) is 0.677. The third-order valence-electron chi connectivity index (χ3n) is 6.02. The van der Waals surface area contributed by atoms with E-state index in [1.807, 2.05) is 55.5 Å². The van der Waals surface area contributed by atoms with Gasteiger partial charge in [0.25, 0.3) is 5.91 Å². The van der Waals surface area contributed by atoms with Crippen molar-refractivity contribution in [2.45, 2.75) is 45.2 Å². The number of nitrogens with zero attached hydrogens (tertiary/aromatic N) is 3. The summed E-state index contributed by atoms with van der Waals surface area (Å²) in [5.74, 6) is 0.514. The van der Waals surface area contributed by atoms with Crippen LogP contribution in [0.1, 0.15) is 43.2 Å². The number of anilines is 2. The lowest BCUT2D eigenvalue weighted by Gasteiger charge is -2.29. The van der Waals surface area contributed by atoms with E-state index in [4.69, 9.17) is 4.99 Å². The van der Waals surface area contributed by atoms with Gasteiger partial charge in [0.05, 0.1) is 5.69 Å². The van der Waals surface area contributed by atoms with Gasteiger partial charge in [-0.05, 0) is 49.6 Å². The molecule has 1 atom stereocenters. The number of amides is 3. The Kier molecular flexibility index (Phi) is 8.33. The van der Waals surface area contributed by atoms with Crippen LogP contribution in [-0.2, 0) is 4.79 Å². The summed E-state index contributed by atoms with van der Waals surface area (Å²) in [7, 11) is 1.74. The SMILES string of the molecule is Cc1cccc(NC(=O)NC2N=C(N3CCCCCCC3)c3ccccc3N(C)C2=O)c1.Cl. The van der Waals surface area contributed by atoms with E-state index in [9.17, 15) is 9.59 Å². The van der Waals surface area contributed by atoms with E-state index >= 15 is 0 Å². The summed E-state index contributed by atoms with van der Waals surface area (Å²) in [6.45, 7) is 3.75. The molecule has 2 heterocycles. The van der Waals surface area contributed by atoms with Gasteiger partial charge in [-0.1, -0.05) is 43.5 Å². The number of benzene rings is 2. The van der Waals surface area contributed by atoms with Crippen LogP contribution in [0.15, 0.2) is 53.5 Å². The molecule has 7 nitrogen and oxygen atoms in total. The predicted octanol–water partition coefficient (Wildman–Crippen LogP) is 4.55. The number of fused-ring (bicyclic) bond motifs is 1. The van der Waals surface area contributed by atoms with E-state index in [1.165, 1.54) is 19.3 Å². The van der Waals surface area contributed by atoms with Crippen molar-refractivity contribution in [1.82, 2.24) is 10.2 Å². The number of amidine groups is 1. The van der Waals surface area contributed by atoms with E-state index < -0.39 is 12.2 Å². The number of nitrogens with one attached hydrogen (secondary N) is 2. The molecule has 2 aromatic carbocycles. The summed E-state index contributed by atoms with van der Waals surface area (Å²) in [5, 5.41) is 5.60. The molecule has 0 aliphatic carbocycles. The lowest BCUT2D eigenvalue weighted by Crippen LogP contribution is -2.47. The first-order valence-electron chi connectivity index (χ1n) is 11.4. The van der Waals surface area contributed by atoms with Gasteiger partial charge in [0.15, 0.2) is 0 Å². The first-order valence-corrected chi connectivity index (χ1v) is 11.4. The van der Waals surface area contributed by atoms with E-state index in [0.717, 1.165) is 48.6 Å². The van der Waals surface area contributed by atoms with Crippen LogP contribution in [0.3, 0.4) is 0 Å². The molecule has 0 radical (unpaired) electrons. The second-order valence-electron chi connectivity index (χ2n) is 8.49. The molecule has 0 aromatic heterocycles. The van der Waals surface area contributed by atoms with Crippen molar-refractivity contribution in [3.8, 4) is 0 Å². The zero-order valence-corrected chi connectivity index (χ0v) is 20.0. The lowest BCUT2D eigenvalue weighted by atomic mass is 10.1. The standard InChI is InChI=1S/C25H31N5O2.ClH/c1-18-11-10-12-19(17-18)26-25(32)28-22-24(31)29(2)21-14-7-6-13-20(21)23(27-22)30-15-8-4-3-5-9-16-30;/h6-7,10-14,17,22H,3-5,8-9,15-16H2,1-2H3,(H2,26,28,32);1H. The number of hydrogen-bond donors (Lipinski definition) is 2. The van der Waals surface area contributed by atoms with Crippen LogP contribution in [0.5, 0.6) is 0 Å². The molecule has 0 bridgehead atoms. The number of benzodiazepines with no additional fused rings is 1. The van der Waals surface area contributed by atoms with Crippen molar-refractivity contribution in [2.24, 2.45) is 4.99 Å². The smallest absolute Gasteiger partial charge is 0.321 e. The molecule has 1 saturated heterocycles. The highest BCUT2D eigenvalue weighted by Gasteiger charge is 2.32. The van der Waals surface area contributed by atoms with Gasteiger partial charge in [-0.3, -0.25) is 4.79 Å². The van der Waals surface area contributed by atoms with Crippen molar-refractivity contribution >= 4 is 41.6 Å². The fourth-order valence-corrected chi connectivity index (χ4v) is 4.32. The van der Waals surface area contributed by atoms with Gasteiger partial charge < -0.3 is 20.4 Å². The van der Waals surface area contributed by atoms with Gasteiger partial charge in [0.2, 0.25) is 6.17 Å². The number of hydrogen-bond acceptors (Lipinski definition) is 4. The summed E-state index contributed by atoms with van der Waals surface area (Å²) in [4.78, 5) is 34.7. The Labute approximate surface area is 201 Å². The number of carbonyl (C=O) groups excluding carboxylic acids is 2. The van der Waals surface area contributed by atoms with E-state index in [2.05, 4.69) is 15.5 Å². The number of para-hydroxylation sites is 1. The Morgan fingerprint density at radius 1 is 1.00 bits per heavy atom. The Hall–Kier alpha value is -3.06. The van der Waals surface area contributed by atoms with E-state index in [-0.39, 0.29) is 18.3 Å². The number of aryl methyl sites for hydroxylation is 1. The van der Waals surface area contributed by atoms with Crippen LogP contribution >= 0.6 is 12.4 Å². The first-order chi connectivity index (χ1) is 15.5. The van der Waals surface area contributed by atoms with Crippen LogP contribution < -0.4 is 15.5 Å². The number of rotatable bonds is 2. The molecular formula is C25H32ClN5O2. The van der Waals surface area contributed by atoms with Crippen LogP contribution in [-0.4, -0.2) is 49.0 Å². The number of likely N-dealkylation sites (N-methyl/N-ethyl adjacent to an activating group) is 1. The zero-order valence-electron chi connectivity index (χ0n) is 19.2. The minimum Gasteiger partial charge on any atom is -0.356 e. The Morgan fingerprint density at radius 3 is 2.42 bits per heavy atom. The van der Waals surface area contributed by atoms with Crippen molar-refractivity contribution in [1.29, 1.82) is 0 Å². The van der Waals surface area contributed by atoms with E-state index in [1.54, 1.807) is 11.9 Å². The fourth-order valence-electron chi connectivity index (χ4n) is 4.32. The zero-order chi connectivity index (χ0) is 22.5. The molecule has 2 aliphatic heterocycles. The Morgan fingerprint density at radius 2 is 1.70 bits per heavy atom. The number of carbonyl (C=O) groups is 2. The molecular weight excluding hydrogens is 438 g/mol. The predicted molar refractivity (Wildman–Crippen MR) is 135 cm³/mol. The van der Waals surface area contributed by atoms with Gasteiger partial charge in [-0.2, -0.15) is 0 Å². The largest absolute Gasteiger partial charge is 0.356 e. The molecule has 176 valence electrons. The lowest BCUT2D eigenvalue weighted by molar-refractivity contribution is -0.119. The summed E-state index contributed by atoms with van der Waals surface area (Å²) in [6.07, 6.45) is 4.85. The molecule has 1 unspecified atom stereocenters. The molecule has 0 saturated carbocycles. The maximum atomic E-state index is 13.3. The average molecular weight is 470 g/mol. The molecule has 2 aliphatic rings. The number of aliphatic imine (C=N–C) groups is 1. The maximum absolute atomic E-state index is 13.3. The van der Waals surface area contributed by atoms with Crippen LogP contribution in [0, 0.1) is 6.92 Å². The maximum Gasteiger partial charge on any atom is 0.321 e. The third kappa shape index (κ3) is 5.85. The first kappa shape index (κ1) is 24.6. The van der Waals surface area contributed by atoms with Crippen LogP contribution in [0.4, 0.5) is 16.2 Å². The molecule has 1 fully saturated rings. The van der Waals surface area contributed by atoms with Gasteiger partial charge in [-0.25, -0.2) is 9.79 Å². The average Bonchev–Trinajstić information content (AvgIpc) is 2.85. The summed E-state index contributed by atoms with van der Waals surface area (Å²) >= 11 is 0. The fraction of sp³-hybridized carbons (Fsp3) is 0.400. The summed E-state index contributed by atoms with van der Waals surface area (Å²) in [6, 6.07) is 14.9. The second kappa shape index (κ2) is 11.2. The molecule has 2 aromatic rings. The summed E-state index contributed by atoms with van der Waals surface area (Å²) < 4.78 is 0. The highest BCUT2D eigenvalue weighted by molar-refractivity contribution is 6.12. The minimum atomic E-state index is -1.00. The normalized spacial score (nSPS) is 18.7. The van der Waals surface area contributed by atoms with Crippen LogP contribution in [0.25, 0.3) is 0 Å². The monoisotopic (exact) mass is 469 g/mol. The number of urea groups is 1. The molecule has 8 heteroatoms. The molecule has 33 heavy (non-hydrogen) atoms. The minimum absolute atomic E-state index is 0. The topological polar surface area (TPSA) is 77.0 Å². The molecule has 0 spiro atoms. The Bertz CT molecular complexity index is 1020.